The Kier molecular flexibility index (Phi) is 5.86. The Labute approximate surface area is 159 Å². The zero-order valence-corrected chi connectivity index (χ0v) is 15.2. The lowest BCUT2D eigenvalue weighted by molar-refractivity contribution is -0.141. The number of benzene rings is 1. The predicted molar refractivity (Wildman–Crippen MR) is 98.1 cm³/mol. The van der Waals surface area contributed by atoms with Gasteiger partial charge in [0.25, 0.3) is 0 Å². The smallest absolute Gasteiger partial charge is 0.372 e. The van der Waals surface area contributed by atoms with Crippen LogP contribution in [-0.2, 0) is 11.2 Å². The van der Waals surface area contributed by atoms with Crippen molar-refractivity contribution in [3.63, 3.8) is 0 Å². The number of rotatable bonds is 5. The summed E-state index contributed by atoms with van der Waals surface area (Å²) in [7, 11) is 0. The fourth-order valence-corrected chi connectivity index (χ4v) is 3.14. The molecule has 0 bridgehead atoms. The van der Waals surface area contributed by atoms with Gasteiger partial charge >= 0.3 is 6.30 Å². The molecular weight excluding hydrogens is 373 g/mol. The maximum absolute atomic E-state index is 13.4. The minimum Gasteiger partial charge on any atom is -0.372 e. The van der Waals surface area contributed by atoms with Crippen molar-refractivity contribution >= 4 is 29.3 Å². The van der Waals surface area contributed by atoms with E-state index in [0.29, 0.717) is 18.7 Å². The second-order valence-electron chi connectivity index (χ2n) is 6.21. The van der Waals surface area contributed by atoms with Gasteiger partial charge in [0.15, 0.2) is 5.82 Å². The van der Waals surface area contributed by atoms with E-state index in [9.17, 15) is 18.0 Å². The zero-order valence-electron chi connectivity index (χ0n) is 15.2. The molecular formula is C18H19F3N6O. The largest absolute Gasteiger partial charge is 0.491 e. The van der Waals surface area contributed by atoms with Crippen LogP contribution in [0.15, 0.2) is 41.0 Å². The van der Waals surface area contributed by atoms with E-state index in [-0.39, 0.29) is 28.5 Å². The molecule has 0 unspecified atom stereocenters. The van der Waals surface area contributed by atoms with Crippen molar-refractivity contribution in [3.8, 4) is 0 Å². The van der Waals surface area contributed by atoms with Gasteiger partial charge in [0, 0.05) is 31.2 Å². The van der Waals surface area contributed by atoms with E-state index in [1.807, 2.05) is 11.8 Å². The van der Waals surface area contributed by atoms with E-state index in [4.69, 9.17) is 0 Å². The molecule has 0 atom stereocenters. The summed E-state index contributed by atoms with van der Waals surface area (Å²) in [5.74, 6) is 0.156. The Morgan fingerprint density at radius 3 is 2.71 bits per heavy atom. The molecule has 1 aliphatic rings. The van der Waals surface area contributed by atoms with Crippen LogP contribution in [0.5, 0.6) is 0 Å². The molecule has 148 valence electrons. The highest BCUT2D eigenvalue weighted by atomic mass is 19.4. The number of halogens is 3. The average molecular weight is 392 g/mol. The predicted octanol–water partition coefficient (Wildman–Crippen LogP) is 4.54. The quantitative estimate of drug-likeness (QED) is 0.425. The minimum absolute atomic E-state index is 0.0493. The first-order chi connectivity index (χ1) is 13.4. The van der Waals surface area contributed by atoms with Gasteiger partial charge in [-0.05, 0) is 43.9 Å². The van der Waals surface area contributed by atoms with Crippen molar-refractivity contribution in [2.24, 2.45) is 10.2 Å². The molecule has 0 fully saturated rings. The molecule has 0 saturated heterocycles. The second kappa shape index (κ2) is 8.32. The zero-order chi connectivity index (χ0) is 20.1. The third-order valence-electron chi connectivity index (χ3n) is 4.47. The first kappa shape index (κ1) is 19.7. The number of hydrogen-bond acceptors (Lipinski definition) is 6. The Hall–Kier alpha value is -3.04. The SMILES string of the molecule is CCN1CCCCc2cc(N=Nc3cnccn3)c(N(C=O)C(F)(F)F)cc21. The molecule has 0 N–H and O–H groups in total. The third-order valence-corrected chi connectivity index (χ3v) is 4.47. The molecule has 1 amide bonds. The van der Waals surface area contributed by atoms with Gasteiger partial charge in [-0.25, -0.2) is 9.88 Å². The van der Waals surface area contributed by atoms with Gasteiger partial charge in [-0.15, -0.1) is 23.4 Å². The highest BCUT2D eigenvalue weighted by Crippen LogP contribution is 2.41. The van der Waals surface area contributed by atoms with Crippen LogP contribution < -0.4 is 9.80 Å². The number of alkyl halides is 3. The van der Waals surface area contributed by atoms with E-state index >= 15 is 0 Å². The van der Waals surface area contributed by atoms with Crippen LogP contribution in [0.1, 0.15) is 25.3 Å². The van der Waals surface area contributed by atoms with Gasteiger partial charge in [-0.3, -0.25) is 9.78 Å². The van der Waals surface area contributed by atoms with Crippen LogP contribution in [0.25, 0.3) is 0 Å². The Balaban J connectivity index is 2.14. The Bertz CT molecular complexity index is 856. The first-order valence-electron chi connectivity index (χ1n) is 8.85. The van der Waals surface area contributed by atoms with Crippen LogP contribution in [0.2, 0.25) is 0 Å². The molecule has 0 radical (unpaired) electrons. The van der Waals surface area contributed by atoms with Gasteiger partial charge in [0.1, 0.15) is 5.69 Å². The third kappa shape index (κ3) is 4.26. The molecule has 7 nitrogen and oxygen atoms in total. The summed E-state index contributed by atoms with van der Waals surface area (Å²) in [5.41, 5.74) is 1.15. The highest BCUT2D eigenvalue weighted by Gasteiger charge is 2.39. The summed E-state index contributed by atoms with van der Waals surface area (Å²) in [5, 5.41) is 7.83. The minimum atomic E-state index is -4.88. The van der Waals surface area contributed by atoms with E-state index in [1.54, 1.807) is 6.07 Å². The summed E-state index contributed by atoms with van der Waals surface area (Å²) in [6, 6.07) is 2.94. The summed E-state index contributed by atoms with van der Waals surface area (Å²) in [6.45, 7) is 3.34. The lowest BCUT2D eigenvalue weighted by atomic mass is 10.0. The number of azo groups is 1. The van der Waals surface area contributed by atoms with Gasteiger partial charge in [0.05, 0.1) is 11.9 Å². The van der Waals surface area contributed by atoms with Crippen molar-refractivity contribution in [2.45, 2.75) is 32.5 Å². The molecule has 0 spiro atoms. The van der Waals surface area contributed by atoms with Crippen molar-refractivity contribution in [1.82, 2.24) is 9.97 Å². The summed E-state index contributed by atoms with van der Waals surface area (Å²) >= 11 is 0. The van der Waals surface area contributed by atoms with Crippen LogP contribution in [-0.4, -0.2) is 35.8 Å². The number of carbonyl (C=O) groups is 1. The van der Waals surface area contributed by atoms with Crippen LogP contribution >= 0.6 is 0 Å². The normalized spacial score (nSPS) is 14.6. The number of fused-ring (bicyclic) bond motifs is 1. The van der Waals surface area contributed by atoms with Gasteiger partial charge in [0.2, 0.25) is 6.41 Å². The maximum atomic E-state index is 13.4. The second-order valence-corrected chi connectivity index (χ2v) is 6.21. The number of aryl methyl sites for hydroxylation is 1. The number of anilines is 2. The Morgan fingerprint density at radius 1 is 1.25 bits per heavy atom. The average Bonchev–Trinajstić information content (AvgIpc) is 2.88. The fourth-order valence-electron chi connectivity index (χ4n) is 3.14. The molecule has 0 aliphatic carbocycles. The summed E-state index contributed by atoms with van der Waals surface area (Å²) in [4.78, 5) is 20.8. The van der Waals surface area contributed by atoms with Crippen molar-refractivity contribution < 1.29 is 18.0 Å². The molecule has 1 aliphatic heterocycles. The van der Waals surface area contributed by atoms with E-state index in [2.05, 4.69) is 20.2 Å². The molecule has 10 heteroatoms. The van der Waals surface area contributed by atoms with Crippen LogP contribution in [0.4, 0.5) is 36.1 Å². The van der Waals surface area contributed by atoms with Crippen molar-refractivity contribution in [2.75, 3.05) is 22.9 Å². The molecule has 2 aromatic rings. The number of aromatic nitrogens is 2. The molecule has 1 aromatic carbocycles. The number of nitrogens with zero attached hydrogens (tertiary/aromatic N) is 6. The fraction of sp³-hybridized carbons (Fsp3) is 0.389. The van der Waals surface area contributed by atoms with Crippen molar-refractivity contribution in [3.05, 3.63) is 36.3 Å². The van der Waals surface area contributed by atoms with Gasteiger partial charge in [-0.2, -0.15) is 0 Å². The molecule has 28 heavy (non-hydrogen) atoms. The van der Waals surface area contributed by atoms with E-state index in [1.165, 1.54) is 24.7 Å². The lowest BCUT2D eigenvalue weighted by Crippen LogP contribution is -2.37. The first-order valence-corrected chi connectivity index (χ1v) is 8.85. The monoisotopic (exact) mass is 392 g/mol. The molecule has 1 aromatic heterocycles. The maximum Gasteiger partial charge on any atom is 0.491 e. The number of hydrogen-bond donors (Lipinski definition) is 0. The van der Waals surface area contributed by atoms with Crippen molar-refractivity contribution in [1.29, 1.82) is 0 Å². The standard InChI is InChI=1S/C18H19F3N6O/c1-2-26-8-4-3-5-13-9-14(24-25-17-11-22-6-7-23-17)16(10-15(13)26)27(12-28)18(19,20)21/h6-7,9-12H,2-5,8H2,1H3. The number of amides is 1. The number of carbonyl (C=O) groups excluding carboxylic acids is 1. The topological polar surface area (TPSA) is 74.1 Å². The van der Waals surface area contributed by atoms with Crippen LogP contribution in [0, 0.1) is 0 Å². The van der Waals surface area contributed by atoms with Gasteiger partial charge in [-0.1, -0.05) is 0 Å². The molecule has 2 heterocycles. The Morgan fingerprint density at radius 2 is 2.07 bits per heavy atom. The van der Waals surface area contributed by atoms with Gasteiger partial charge < -0.3 is 4.90 Å². The molecule has 3 rings (SSSR count). The summed E-state index contributed by atoms with van der Waals surface area (Å²) < 4.78 is 40.3. The van der Waals surface area contributed by atoms with E-state index < -0.39 is 6.30 Å². The highest BCUT2D eigenvalue weighted by molar-refractivity contribution is 5.86. The molecule has 0 saturated carbocycles. The lowest BCUT2D eigenvalue weighted by Gasteiger charge is -2.27. The van der Waals surface area contributed by atoms with E-state index in [0.717, 1.165) is 24.9 Å². The van der Waals surface area contributed by atoms with Crippen LogP contribution in [0.3, 0.4) is 0 Å². The summed E-state index contributed by atoms with van der Waals surface area (Å²) in [6.07, 6.45) is 1.62.